The maximum absolute atomic E-state index is 5.84. The summed E-state index contributed by atoms with van der Waals surface area (Å²) in [6.45, 7) is 8.49. The molecule has 0 aromatic rings. The number of piperazine rings is 2. The van der Waals surface area contributed by atoms with Crippen molar-refractivity contribution in [2.75, 3.05) is 66.5 Å². The molecule has 5 heteroatoms. The van der Waals surface area contributed by atoms with Crippen molar-refractivity contribution in [2.45, 2.75) is 0 Å². The van der Waals surface area contributed by atoms with E-state index in [0.29, 0.717) is 0 Å². The van der Waals surface area contributed by atoms with Crippen molar-refractivity contribution in [3.05, 3.63) is 0 Å². The van der Waals surface area contributed by atoms with Gasteiger partial charge in [0.25, 0.3) is 0 Å². The van der Waals surface area contributed by atoms with Crippen LogP contribution in [0.3, 0.4) is 0 Å². The Kier molecular flexibility index (Phi) is 3.93. The van der Waals surface area contributed by atoms with E-state index in [4.69, 9.17) is 4.94 Å². The first-order valence-electron chi connectivity index (χ1n) is 5.79. The molecule has 2 saturated heterocycles. The van der Waals surface area contributed by atoms with Gasteiger partial charge in [-0.25, -0.2) is 4.94 Å². The minimum atomic E-state index is 1.02. The van der Waals surface area contributed by atoms with E-state index in [9.17, 15) is 0 Å². The monoisotopic (exact) mass is 214 g/mol. The summed E-state index contributed by atoms with van der Waals surface area (Å²) in [5.74, 6) is 0. The zero-order valence-electron chi connectivity index (χ0n) is 9.85. The predicted molar refractivity (Wildman–Crippen MR) is 59.2 cm³/mol. The number of rotatable bonds is 2. The van der Waals surface area contributed by atoms with E-state index < -0.39 is 0 Å². The summed E-state index contributed by atoms with van der Waals surface area (Å²) in [5, 5.41) is 4.18. The molecule has 0 radical (unpaired) electrons. The molecule has 0 spiro atoms. The van der Waals surface area contributed by atoms with Gasteiger partial charge in [0, 0.05) is 52.4 Å². The lowest BCUT2D eigenvalue weighted by atomic mass is 10.4. The Balaban J connectivity index is 1.68. The Bertz CT molecular complexity index is 166. The molecule has 2 fully saturated rings. The van der Waals surface area contributed by atoms with E-state index in [1.165, 1.54) is 0 Å². The third kappa shape index (κ3) is 3.39. The van der Waals surface area contributed by atoms with Crippen LogP contribution in [-0.2, 0) is 4.94 Å². The van der Waals surface area contributed by atoms with Gasteiger partial charge in [0.05, 0.1) is 0 Å². The number of hydroxylamine groups is 4. The Morgan fingerprint density at radius 2 is 0.933 bits per heavy atom. The van der Waals surface area contributed by atoms with Crippen molar-refractivity contribution in [1.82, 2.24) is 19.9 Å². The van der Waals surface area contributed by atoms with E-state index in [1.807, 2.05) is 0 Å². The molecular weight excluding hydrogens is 192 g/mol. The highest BCUT2D eigenvalue weighted by Gasteiger charge is 2.20. The fourth-order valence-corrected chi connectivity index (χ4v) is 1.90. The summed E-state index contributed by atoms with van der Waals surface area (Å²) >= 11 is 0. The average molecular weight is 214 g/mol. The molecule has 0 N–H and O–H groups in total. The van der Waals surface area contributed by atoms with Gasteiger partial charge in [0.15, 0.2) is 0 Å². The fourth-order valence-electron chi connectivity index (χ4n) is 1.90. The summed E-state index contributed by atoms with van der Waals surface area (Å²) in [5.41, 5.74) is 0. The van der Waals surface area contributed by atoms with Gasteiger partial charge in [-0.05, 0) is 14.1 Å². The fraction of sp³-hybridized carbons (Fsp3) is 1.00. The molecule has 15 heavy (non-hydrogen) atoms. The molecule has 88 valence electrons. The molecule has 2 aliphatic heterocycles. The van der Waals surface area contributed by atoms with Gasteiger partial charge in [-0.2, -0.15) is 10.1 Å². The maximum atomic E-state index is 5.84. The second kappa shape index (κ2) is 5.23. The average Bonchev–Trinajstić information content (AvgIpc) is 2.25. The van der Waals surface area contributed by atoms with Crippen LogP contribution < -0.4 is 0 Å². The summed E-state index contributed by atoms with van der Waals surface area (Å²) in [6.07, 6.45) is 0. The topological polar surface area (TPSA) is 22.2 Å². The third-order valence-corrected chi connectivity index (χ3v) is 3.16. The Morgan fingerprint density at radius 3 is 1.27 bits per heavy atom. The molecule has 0 aromatic carbocycles. The predicted octanol–water partition coefficient (Wildman–Crippen LogP) is -0.672. The van der Waals surface area contributed by atoms with E-state index in [1.54, 1.807) is 0 Å². The quantitative estimate of drug-likeness (QED) is 0.606. The summed E-state index contributed by atoms with van der Waals surface area (Å²) in [7, 11) is 4.32. The molecule has 0 aromatic heterocycles. The van der Waals surface area contributed by atoms with Gasteiger partial charge in [0.2, 0.25) is 0 Å². The van der Waals surface area contributed by atoms with Crippen LogP contribution in [0, 0.1) is 0 Å². The van der Waals surface area contributed by atoms with Gasteiger partial charge < -0.3 is 9.80 Å². The smallest absolute Gasteiger partial charge is 0.0387 e. The molecule has 2 aliphatic rings. The molecule has 2 heterocycles. The van der Waals surface area contributed by atoms with Crippen molar-refractivity contribution in [2.24, 2.45) is 0 Å². The van der Waals surface area contributed by atoms with Gasteiger partial charge in [0.1, 0.15) is 0 Å². The molecule has 0 saturated carbocycles. The molecule has 0 amide bonds. The van der Waals surface area contributed by atoms with Crippen molar-refractivity contribution in [3.8, 4) is 0 Å². The third-order valence-electron chi connectivity index (χ3n) is 3.16. The largest absolute Gasteiger partial charge is 0.304 e. The van der Waals surface area contributed by atoms with E-state index in [-0.39, 0.29) is 0 Å². The Labute approximate surface area is 92.1 Å². The molecule has 0 atom stereocenters. The summed E-state index contributed by atoms with van der Waals surface area (Å²) in [4.78, 5) is 10.5. The van der Waals surface area contributed by atoms with Crippen LogP contribution in [0.5, 0.6) is 0 Å². The molecule has 0 unspecified atom stereocenters. The van der Waals surface area contributed by atoms with Crippen molar-refractivity contribution >= 4 is 0 Å². The lowest BCUT2D eigenvalue weighted by molar-refractivity contribution is -0.337. The zero-order valence-corrected chi connectivity index (χ0v) is 9.85. The highest BCUT2D eigenvalue weighted by atomic mass is 16.8. The molecule has 2 rings (SSSR count). The second-order valence-corrected chi connectivity index (χ2v) is 4.55. The van der Waals surface area contributed by atoms with Gasteiger partial charge in [-0.3, -0.25) is 0 Å². The lowest BCUT2D eigenvalue weighted by Gasteiger charge is -2.37. The van der Waals surface area contributed by atoms with Crippen LogP contribution in [0.4, 0.5) is 0 Å². The van der Waals surface area contributed by atoms with Gasteiger partial charge >= 0.3 is 0 Å². The summed E-state index contributed by atoms with van der Waals surface area (Å²) < 4.78 is 0. The van der Waals surface area contributed by atoms with E-state index in [0.717, 1.165) is 52.4 Å². The minimum absolute atomic E-state index is 1.02. The normalized spacial score (nSPS) is 28.4. The van der Waals surface area contributed by atoms with Crippen LogP contribution in [-0.4, -0.2) is 86.4 Å². The minimum Gasteiger partial charge on any atom is -0.304 e. The first-order valence-corrected chi connectivity index (χ1v) is 5.79. The molecule has 0 bridgehead atoms. The van der Waals surface area contributed by atoms with Crippen molar-refractivity contribution in [1.29, 1.82) is 0 Å². The lowest BCUT2D eigenvalue weighted by Crippen LogP contribution is -2.51. The zero-order chi connectivity index (χ0) is 10.7. The van der Waals surface area contributed by atoms with Crippen LogP contribution in [0.2, 0.25) is 0 Å². The Hall–Kier alpha value is -0.200. The first kappa shape index (κ1) is 11.3. The van der Waals surface area contributed by atoms with Crippen LogP contribution in [0.15, 0.2) is 0 Å². The van der Waals surface area contributed by atoms with E-state index in [2.05, 4.69) is 34.0 Å². The molecule has 0 aliphatic carbocycles. The summed E-state index contributed by atoms with van der Waals surface area (Å²) in [6, 6.07) is 0. The second-order valence-electron chi connectivity index (χ2n) is 4.55. The Morgan fingerprint density at radius 1 is 0.600 bits per heavy atom. The van der Waals surface area contributed by atoms with Crippen LogP contribution in [0.1, 0.15) is 0 Å². The highest BCUT2D eigenvalue weighted by Crippen LogP contribution is 2.05. The number of nitrogens with zero attached hydrogens (tertiary/aromatic N) is 4. The van der Waals surface area contributed by atoms with Gasteiger partial charge in [-0.15, -0.1) is 0 Å². The first-order chi connectivity index (χ1) is 7.24. The van der Waals surface area contributed by atoms with Crippen LogP contribution >= 0.6 is 0 Å². The number of likely N-dealkylation sites (N-methyl/N-ethyl adjacent to an activating group) is 2. The van der Waals surface area contributed by atoms with Crippen molar-refractivity contribution in [3.63, 3.8) is 0 Å². The molecule has 5 nitrogen and oxygen atoms in total. The number of hydrogen-bond donors (Lipinski definition) is 0. The van der Waals surface area contributed by atoms with Crippen molar-refractivity contribution < 1.29 is 4.94 Å². The van der Waals surface area contributed by atoms with E-state index >= 15 is 0 Å². The maximum Gasteiger partial charge on any atom is 0.0387 e. The SMILES string of the molecule is CN1CCN(ON2CCN(C)CC2)CC1. The standard InChI is InChI=1S/C10H22N4O/c1-11-3-7-13(8-4-11)15-14-9-5-12(2)6-10-14/h3-10H2,1-2H3. The highest BCUT2D eigenvalue weighted by molar-refractivity contribution is 4.65. The molecular formula is C10H22N4O. The van der Waals surface area contributed by atoms with Crippen LogP contribution in [0.25, 0.3) is 0 Å². The van der Waals surface area contributed by atoms with Gasteiger partial charge in [-0.1, -0.05) is 0 Å². The number of hydrogen-bond acceptors (Lipinski definition) is 5.